The van der Waals surface area contributed by atoms with Crippen molar-refractivity contribution in [3.05, 3.63) is 0 Å². The zero-order valence-corrected chi connectivity index (χ0v) is 12.8. The molecular weight excluding hydrogens is 230 g/mol. The highest BCUT2D eigenvalue weighted by Gasteiger charge is 2.27. The fourth-order valence-electron chi connectivity index (χ4n) is 1.58. The first-order valence-electron chi connectivity index (χ1n) is 6.57. The quantitative estimate of drug-likeness (QED) is 0.673. The molecule has 0 aromatic carbocycles. The highest BCUT2D eigenvalue weighted by atomic mass is 32.2. The first-order valence-corrected chi connectivity index (χ1v) is 8.06. The van der Waals surface area contributed by atoms with Gasteiger partial charge in [-0.05, 0) is 13.8 Å². The van der Waals surface area contributed by atoms with E-state index < -0.39 is 10.8 Å². The molecule has 0 saturated carbocycles. The van der Waals surface area contributed by atoms with Gasteiger partial charge in [-0.2, -0.15) is 0 Å². The van der Waals surface area contributed by atoms with Gasteiger partial charge in [-0.1, -0.05) is 33.1 Å². The van der Waals surface area contributed by atoms with Crippen molar-refractivity contribution in [2.45, 2.75) is 53.0 Å². The van der Waals surface area contributed by atoms with Gasteiger partial charge in [-0.25, -0.2) is 0 Å². The molecule has 1 fully saturated rings. The smallest absolute Gasteiger partial charge is 0.0769 e. The van der Waals surface area contributed by atoms with Crippen LogP contribution in [0.15, 0.2) is 0 Å². The summed E-state index contributed by atoms with van der Waals surface area (Å²) in [5.41, 5.74) is -0.0549. The van der Waals surface area contributed by atoms with Crippen molar-refractivity contribution in [1.29, 1.82) is 0 Å². The van der Waals surface area contributed by atoms with Crippen molar-refractivity contribution >= 4 is 10.8 Å². The average molecular weight is 257 g/mol. The Hall–Kier alpha value is -0.330. The summed E-state index contributed by atoms with van der Waals surface area (Å²) in [4.78, 5) is 2.33. The number of nitrogens with zero attached hydrogens (tertiary/aromatic N) is 1. The summed E-state index contributed by atoms with van der Waals surface area (Å²) in [6.07, 6.45) is 2.16. The van der Waals surface area contributed by atoms with E-state index in [0.717, 1.165) is 31.0 Å². The first kappa shape index (κ1) is 16.7. The van der Waals surface area contributed by atoms with E-state index in [4.69, 9.17) is 0 Å². The molecule has 1 aliphatic heterocycles. The molecule has 17 heavy (non-hydrogen) atoms. The number of rotatable bonds is 1. The third kappa shape index (κ3) is 6.85. The second-order valence-corrected chi connectivity index (χ2v) is 6.45. The molecule has 1 saturated heterocycles. The van der Waals surface area contributed by atoms with Crippen LogP contribution < -0.4 is 0 Å². The highest BCUT2D eigenvalue weighted by molar-refractivity contribution is 7.85. The monoisotopic (exact) mass is 257 g/mol. The highest BCUT2D eigenvalue weighted by Crippen LogP contribution is 2.15. The van der Waals surface area contributed by atoms with Crippen molar-refractivity contribution in [2.75, 3.05) is 24.6 Å². The summed E-state index contributed by atoms with van der Waals surface area (Å²) in [5.74, 6) is 8.01. The Morgan fingerprint density at radius 1 is 1.18 bits per heavy atom. The zero-order valence-electron chi connectivity index (χ0n) is 12.0. The summed E-state index contributed by atoms with van der Waals surface area (Å²) < 4.78 is 11.2. The lowest BCUT2D eigenvalue weighted by Crippen LogP contribution is -2.49. The van der Waals surface area contributed by atoms with Crippen molar-refractivity contribution < 1.29 is 4.21 Å². The Labute approximate surface area is 110 Å². The van der Waals surface area contributed by atoms with Crippen molar-refractivity contribution in [2.24, 2.45) is 0 Å². The van der Waals surface area contributed by atoms with E-state index in [2.05, 4.69) is 51.4 Å². The summed E-state index contributed by atoms with van der Waals surface area (Å²) in [6.45, 7) is 12.4. The Kier molecular flexibility index (Phi) is 8.55. The Morgan fingerprint density at radius 3 is 2.06 bits per heavy atom. The van der Waals surface area contributed by atoms with Crippen LogP contribution in [0.4, 0.5) is 0 Å². The fraction of sp³-hybridized carbons (Fsp3) is 0.857. The molecule has 0 spiro atoms. The van der Waals surface area contributed by atoms with Gasteiger partial charge in [0.1, 0.15) is 0 Å². The second-order valence-electron chi connectivity index (χ2n) is 4.76. The molecule has 0 aromatic heterocycles. The minimum atomic E-state index is -0.591. The van der Waals surface area contributed by atoms with Crippen LogP contribution in [0.25, 0.3) is 0 Å². The molecule has 0 aromatic rings. The van der Waals surface area contributed by atoms with Crippen molar-refractivity contribution in [3.63, 3.8) is 0 Å². The molecule has 100 valence electrons. The topological polar surface area (TPSA) is 20.3 Å². The molecule has 0 amide bonds. The van der Waals surface area contributed by atoms with E-state index in [1.165, 1.54) is 6.42 Å². The Balaban J connectivity index is 0.000000770. The lowest BCUT2D eigenvalue weighted by atomic mass is 10.0. The van der Waals surface area contributed by atoms with Gasteiger partial charge in [0.25, 0.3) is 0 Å². The predicted molar refractivity (Wildman–Crippen MR) is 77.6 cm³/mol. The van der Waals surface area contributed by atoms with E-state index in [9.17, 15) is 4.21 Å². The van der Waals surface area contributed by atoms with Gasteiger partial charge in [0.15, 0.2) is 0 Å². The Morgan fingerprint density at radius 2 is 1.65 bits per heavy atom. The van der Waals surface area contributed by atoms with Crippen LogP contribution in [0.2, 0.25) is 0 Å². The molecule has 0 atom stereocenters. The number of hydrogen-bond donors (Lipinski definition) is 0. The first-order chi connectivity index (χ1) is 7.97. The largest absolute Gasteiger partial charge is 0.286 e. The third-order valence-electron chi connectivity index (χ3n) is 2.54. The van der Waals surface area contributed by atoms with E-state index >= 15 is 0 Å². The van der Waals surface area contributed by atoms with Gasteiger partial charge in [-0.15, -0.1) is 5.92 Å². The third-order valence-corrected chi connectivity index (χ3v) is 3.82. The van der Waals surface area contributed by atoms with Crippen LogP contribution in [-0.4, -0.2) is 39.2 Å². The molecule has 0 aliphatic carbocycles. The number of hydrogen-bond acceptors (Lipinski definition) is 2. The molecule has 1 heterocycles. The second kappa shape index (κ2) is 8.72. The summed E-state index contributed by atoms with van der Waals surface area (Å²) in [7, 11) is -0.591. The van der Waals surface area contributed by atoms with Gasteiger partial charge in [0.2, 0.25) is 0 Å². The summed E-state index contributed by atoms with van der Waals surface area (Å²) >= 11 is 0. The Bertz CT molecular complexity index is 278. The van der Waals surface area contributed by atoms with Gasteiger partial charge < -0.3 is 0 Å². The molecule has 3 heteroatoms. The van der Waals surface area contributed by atoms with E-state index in [-0.39, 0.29) is 5.54 Å². The zero-order chi connectivity index (χ0) is 13.3. The van der Waals surface area contributed by atoms with Crippen LogP contribution in [0, 0.1) is 11.8 Å². The predicted octanol–water partition coefficient (Wildman–Crippen LogP) is 2.66. The maximum atomic E-state index is 11.2. The fourth-order valence-corrected chi connectivity index (χ4v) is 2.63. The van der Waals surface area contributed by atoms with Crippen LogP contribution in [0.5, 0.6) is 0 Å². The maximum Gasteiger partial charge on any atom is 0.0769 e. The minimum Gasteiger partial charge on any atom is -0.286 e. The lowest BCUT2D eigenvalue weighted by Gasteiger charge is -2.36. The van der Waals surface area contributed by atoms with E-state index in [1.54, 1.807) is 0 Å². The van der Waals surface area contributed by atoms with E-state index in [0.29, 0.717) is 0 Å². The van der Waals surface area contributed by atoms with Gasteiger partial charge in [0.05, 0.1) is 5.54 Å². The SMILES string of the molecule is CCC.CCC#CC(C)(C)N1CCS(=O)CC1. The van der Waals surface area contributed by atoms with E-state index in [1.807, 2.05) is 0 Å². The molecule has 1 aliphatic rings. The standard InChI is InChI=1S/C11H19NOS.C3H8/c1-4-5-6-11(2,3)12-7-9-14(13)10-8-12;1-3-2/h4,7-10H2,1-3H3;3H2,1-2H3. The van der Waals surface area contributed by atoms with Gasteiger partial charge >= 0.3 is 0 Å². The summed E-state index contributed by atoms with van der Waals surface area (Å²) in [5, 5.41) is 0. The van der Waals surface area contributed by atoms with Gasteiger partial charge in [0, 0.05) is 41.8 Å². The van der Waals surface area contributed by atoms with Gasteiger partial charge in [-0.3, -0.25) is 9.11 Å². The van der Waals surface area contributed by atoms with Crippen LogP contribution >= 0.6 is 0 Å². The van der Waals surface area contributed by atoms with Crippen LogP contribution in [0.1, 0.15) is 47.5 Å². The van der Waals surface area contributed by atoms with Crippen molar-refractivity contribution in [1.82, 2.24) is 4.90 Å². The normalized spacial score (nSPS) is 17.7. The summed E-state index contributed by atoms with van der Waals surface area (Å²) in [6, 6.07) is 0. The molecule has 0 radical (unpaired) electrons. The molecule has 0 unspecified atom stereocenters. The van der Waals surface area contributed by atoms with Crippen molar-refractivity contribution in [3.8, 4) is 11.8 Å². The molecule has 1 rings (SSSR count). The average Bonchev–Trinajstić information content (AvgIpc) is 2.28. The van der Waals surface area contributed by atoms with Crippen LogP contribution in [-0.2, 0) is 10.8 Å². The maximum absolute atomic E-state index is 11.2. The molecule has 0 N–H and O–H groups in total. The lowest BCUT2D eigenvalue weighted by molar-refractivity contribution is 0.187. The molecular formula is C14H27NOS. The molecule has 0 bridgehead atoms. The molecule has 2 nitrogen and oxygen atoms in total. The van der Waals surface area contributed by atoms with Crippen LogP contribution in [0.3, 0.4) is 0 Å². The minimum absolute atomic E-state index is 0.0549.